The second kappa shape index (κ2) is 9.42. The van der Waals surface area contributed by atoms with Crippen molar-refractivity contribution >= 4 is 11.1 Å². The maximum Gasteiger partial charge on any atom is 0.0473 e. The van der Waals surface area contributed by atoms with E-state index in [0.717, 1.165) is 17.6 Å². The molecular weight excluding hydrogens is 408 g/mol. The predicted octanol–water partition coefficient (Wildman–Crippen LogP) is 8.31. The van der Waals surface area contributed by atoms with E-state index < -0.39 is 0 Å². The molecule has 1 aliphatic carbocycles. The van der Waals surface area contributed by atoms with Crippen LogP contribution in [-0.2, 0) is 5.41 Å². The third-order valence-corrected chi connectivity index (χ3v) is 6.88. The molecule has 0 saturated heterocycles. The van der Waals surface area contributed by atoms with Crippen molar-refractivity contribution in [3.05, 3.63) is 155 Å². The van der Waals surface area contributed by atoms with Crippen LogP contribution in [0.4, 0.5) is 0 Å². The highest BCUT2D eigenvalue weighted by atomic mass is 14.5. The van der Waals surface area contributed by atoms with Crippen molar-refractivity contribution in [1.29, 1.82) is 0 Å². The van der Waals surface area contributed by atoms with Crippen LogP contribution in [0.5, 0.6) is 0 Å². The van der Waals surface area contributed by atoms with Gasteiger partial charge in [-0.15, -0.1) is 0 Å². The van der Waals surface area contributed by atoms with E-state index in [4.69, 9.17) is 0 Å². The Kier molecular flexibility index (Phi) is 6.03. The van der Waals surface area contributed by atoms with Crippen LogP contribution in [-0.4, -0.2) is 0 Å². The Labute approximate surface area is 203 Å². The van der Waals surface area contributed by atoms with Crippen LogP contribution >= 0.6 is 0 Å². The van der Waals surface area contributed by atoms with E-state index >= 15 is 0 Å². The van der Waals surface area contributed by atoms with Gasteiger partial charge in [-0.05, 0) is 58.9 Å². The average molecular weight is 437 g/mol. The highest BCUT2D eigenvalue weighted by molar-refractivity contribution is 6.02. The molecule has 1 unspecified atom stereocenters. The number of hydrogen-bond donors (Lipinski definition) is 0. The van der Waals surface area contributed by atoms with Gasteiger partial charge in [-0.3, -0.25) is 0 Å². The number of rotatable bonds is 4. The number of allylic oxidation sites excluding steroid dienone is 4. The van der Waals surface area contributed by atoms with Crippen molar-refractivity contribution in [2.24, 2.45) is 0 Å². The highest BCUT2D eigenvalue weighted by Gasteiger charge is 2.46. The number of benzene rings is 4. The van der Waals surface area contributed by atoms with Gasteiger partial charge in [-0.25, -0.2) is 0 Å². The zero-order valence-electron chi connectivity index (χ0n) is 19.8. The van der Waals surface area contributed by atoms with Gasteiger partial charge in [0.15, 0.2) is 0 Å². The second-order valence-corrected chi connectivity index (χ2v) is 8.60. The molecule has 34 heavy (non-hydrogen) atoms. The van der Waals surface area contributed by atoms with Crippen molar-refractivity contribution in [2.45, 2.75) is 25.7 Å². The zero-order valence-corrected chi connectivity index (χ0v) is 19.8. The van der Waals surface area contributed by atoms with E-state index in [2.05, 4.69) is 129 Å². The molecule has 0 bridgehead atoms. The van der Waals surface area contributed by atoms with E-state index in [0.29, 0.717) is 0 Å². The van der Waals surface area contributed by atoms with Crippen molar-refractivity contribution in [3.63, 3.8) is 0 Å². The van der Waals surface area contributed by atoms with Crippen LogP contribution in [0.15, 0.2) is 127 Å². The molecule has 0 radical (unpaired) electrons. The Morgan fingerprint density at radius 2 is 1.29 bits per heavy atom. The monoisotopic (exact) mass is 436 g/mol. The summed E-state index contributed by atoms with van der Waals surface area (Å²) in [5.41, 5.74) is 9.56. The van der Waals surface area contributed by atoms with Gasteiger partial charge >= 0.3 is 0 Å². The number of hydrogen-bond acceptors (Lipinski definition) is 0. The lowest BCUT2D eigenvalue weighted by Crippen LogP contribution is -2.28. The van der Waals surface area contributed by atoms with E-state index in [1.54, 1.807) is 0 Å². The molecule has 4 aromatic rings. The minimum Gasteiger partial charge on any atom is -0.0794 e. The van der Waals surface area contributed by atoms with Crippen molar-refractivity contribution in [1.82, 2.24) is 0 Å². The average Bonchev–Trinajstić information content (AvgIpc) is 3.20. The van der Waals surface area contributed by atoms with Gasteiger partial charge < -0.3 is 0 Å². The fourth-order valence-corrected chi connectivity index (χ4v) is 5.37. The lowest BCUT2D eigenvalue weighted by Gasteiger charge is -2.35. The molecular formula is C34H28. The molecule has 0 aromatic heterocycles. The van der Waals surface area contributed by atoms with Gasteiger partial charge in [0.25, 0.3) is 0 Å². The molecule has 0 N–H and O–H groups in total. The summed E-state index contributed by atoms with van der Waals surface area (Å²) in [6.07, 6.45) is 3.21. The summed E-state index contributed by atoms with van der Waals surface area (Å²) < 4.78 is 0. The molecule has 0 spiro atoms. The largest absolute Gasteiger partial charge is 0.0794 e. The highest BCUT2D eigenvalue weighted by Crippen LogP contribution is 2.56. The SMILES string of the molecule is C/C=C(/C1=C(C#Cc2ccccc2)c2ccccc2C1(CC)c1ccccc1)c1ccccc1. The zero-order chi connectivity index (χ0) is 23.4. The molecule has 0 saturated carbocycles. The van der Waals surface area contributed by atoms with E-state index in [1.807, 2.05) is 18.2 Å². The Bertz CT molecular complexity index is 1410. The van der Waals surface area contributed by atoms with Crippen molar-refractivity contribution < 1.29 is 0 Å². The topological polar surface area (TPSA) is 0 Å². The molecule has 0 nitrogen and oxygen atoms in total. The molecule has 1 aliphatic rings. The fraction of sp³-hybridized carbons (Fsp3) is 0.118. The molecule has 4 aromatic carbocycles. The van der Waals surface area contributed by atoms with Crippen LogP contribution in [0, 0.1) is 11.8 Å². The minimum absolute atomic E-state index is 0.268. The standard InChI is InChI=1S/C34H28/c1-3-29(27-18-10-6-11-19-27)33-31(25-24-26-16-8-5-9-17-26)30-22-14-15-23-32(30)34(33,4-2)28-20-12-7-13-21-28/h3,5-23H,4H2,1-2H3/b29-3+. The summed E-state index contributed by atoms with van der Waals surface area (Å²) in [6.45, 7) is 4.45. The summed E-state index contributed by atoms with van der Waals surface area (Å²) >= 11 is 0. The molecule has 0 heterocycles. The van der Waals surface area contributed by atoms with Gasteiger partial charge in [-0.1, -0.05) is 128 Å². The van der Waals surface area contributed by atoms with Crippen molar-refractivity contribution in [2.75, 3.05) is 0 Å². The quantitative estimate of drug-likeness (QED) is 0.282. The Morgan fingerprint density at radius 3 is 1.94 bits per heavy atom. The van der Waals surface area contributed by atoms with Gasteiger partial charge in [0.05, 0.1) is 0 Å². The van der Waals surface area contributed by atoms with Gasteiger partial charge in [0.2, 0.25) is 0 Å². The number of fused-ring (bicyclic) bond motifs is 1. The van der Waals surface area contributed by atoms with Crippen LogP contribution < -0.4 is 0 Å². The van der Waals surface area contributed by atoms with E-state index in [1.165, 1.54) is 33.4 Å². The van der Waals surface area contributed by atoms with Gasteiger partial charge in [0, 0.05) is 16.6 Å². The smallest absolute Gasteiger partial charge is 0.0473 e. The first kappa shape index (κ1) is 21.7. The first-order valence-electron chi connectivity index (χ1n) is 12.0. The molecule has 5 rings (SSSR count). The lowest BCUT2D eigenvalue weighted by molar-refractivity contribution is 0.607. The third-order valence-electron chi connectivity index (χ3n) is 6.88. The van der Waals surface area contributed by atoms with Gasteiger partial charge in [-0.2, -0.15) is 0 Å². The molecule has 0 amide bonds. The normalized spacial score (nSPS) is 17.2. The predicted molar refractivity (Wildman–Crippen MR) is 144 cm³/mol. The maximum atomic E-state index is 3.64. The summed E-state index contributed by atoms with van der Waals surface area (Å²) in [7, 11) is 0. The van der Waals surface area contributed by atoms with E-state index in [9.17, 15) is 0 Å². The second-order valence-electron chi connectivity index (χ2n) is 8.60. The molecule has 1 atom stereocenters. The van der Waals surface area contributed by atoms with Crippen LogP contribution in [0.2, 0.25) is 0 Å². The first-order chi connectivity index (χ1) is 16.8. The van der Waals surface area contributed by atoms with Crippen molar-refractivity contribution in [3.8, 4) is 11.8 Å². The Hall–Kier alpha value is -4.08. The summed E-state index contributed by atoms with van der Waals surface area (Å²) in [5.74, 6) is 7.10. The van der Waals surface area contributed by atoms with E-state index in [-0.39, 0.29) is 5.41 Å². The van der Waals surface area contributed by atoms with Gasteiger partial charge in [0.1, 0.15) is 0 Å². The molecule has 0 heteroatoms. The maximum absolute atomic E-state index is 3.64. The molecule has 164 valence electrons. The lowest BCUT2D eigenvalue weighted by atomic mass is 9.67. The summed E-state index contributed by atoms with van der Waals surface area (Å²) in [4.78, 5) is 0. The molecule has 0 aliphatic heterocycles. The Morgan fingerprint density at radius 1 is 0.706 bits per heavy atom. The summed E-state index contributed by atoms with van der Waals surface area (Å²) in [6, 6.07) is 40.8. The first-order valence-corrected chi connectivity index (χ1v) is 12.0. The summed E-state index contributed by atoms with van der Waals surface area (Å²) in [5, 5.41) is 0. The van der Waals surface area contributed by atoms with Crippen LogP contribution in [0.1, 0.15) is 48.1 Å². The Balaban J connectivity index is 1.87. The minimum atomic E-state index is -0.268. The fourth-order valence-electron chi connectivity index (χ4n) is 5.37. The van der Waals surface area contributed by atoms with Crippen LogP contribution in [0.3, 0.4) is 0 Å². The van der Waals surface area contributed by atoms with Crippen LogP contribution in [0.25, 0.3) is 11.1 Å². The molecule has 0 fully saturated rings. The third kappa shape index (κ3) is 3.60.